The van der Waals surface area contributed by atoms with E-state index in [0.29, 0.717) is 0 Å². The lowest BCUT2D eigenvalue weighted by Crippen LogP contribution is -2.36. The average molecular weight is 287 g/mol. The van der Waals surface area contributed by atoms with Gasteiger partial charge in [0, 0.05) is 30.9 Å². The molecule has 0 saturated carbocycles. The van der Waals surface area contributed by atoms with Gasteiger partial charge in [-0.1, -0.05) is 0 Å². The number of aryl methyl sites for hydroxylation is 2. The zero-order valence-corrected chi connectivity index (χ0v) is 12.5. The van der Waals surface area contributed by atoms with Gasteiger partial charge in [0.2, 0.25) is 0 Å². The highest BCUT2D eigenvalue weighted by molar-refractivity contribution is 5.49. The summed E-state index contributed by atoms with van der Waals surface area (Å²) in [6, 6.07) is 4.13. The SMILES string of the molecule is Cc1n[nH]c(C)c1CNc1ccc(N2CCOCC2)nc1. The predicted octanol–water partition coefficient (Wildman–Crippen LogP) is 1.87. The Morgan fingerprint density at radius 2 is 2.10 bits per heavy atom. The molecule has 1 aliphatic rings. The highest BCUT2D eigenvalue weighted by atomic mass is 16.5. The van der Waals surface area contributed by atoms with Crippen molar-refractivity contribution in [2.45, 2.75) is 20.4 Å². The summed E-state index contributed by atoms with van der Waals surface area (Å²) in [5, 5.41) is 10.6. The van der Waals surface area contributed by atoms with Gasteiger partial charge in [0.15, 0.2) is 0 Å². The molecule has 21 heavy (non-hydrogen) atoms. The number of aromatic nitrogens is 3. The van der Waals surface area contributed by atoms with Crippen molar-refractivity contribution in [2.75, 3.05) is 36.5 Å². The second-order valence-electron chi connectivity index (χ2n) is 5.27. The molecule has 2 N–H and O–H groups in total. The largest absolute Gasteiger partial charge is 0.380 e. The maximum atomic E-state index is 5.36. The van der Waals surface area contributed by atoms with Gasteiger partial charge >= 0.3 is 0 Å². The smallest absolute Gasteiger partial charge is 0.128 e. The molecule has 0 atom stereocenters. The average Bonchev–Trinajstić information content (AvgIpc) is 2.85. The Labute approximate surface area is 124 Å². The first kappa shape index (κ1) is 13.9. The number of hydrogen-bond donors (Lipinski definition) is 2. The van der Waals surface area contributed by atoms with Crippen LogP contribution in [0.4, 0.5) is 11.5 Å². The van der Waals surface area contributed by atoms with E-state index >= 15 is 0 Å². The zero-order valence-electron chi connectivity index (χ0n) is 12.5. The van der Waals surface area contributed by atoms with Crippen LogP contribution < -0.4 is 10.2 Å². The molecule has 3 rings (SSSR count). The fourth-order valence-corrected chi connectivity index (χ4v) is 2.50. The molecule has 2 aromatic rings. The molecule has 0 radical (unpaired) electrons. The minimum absolute atomic E-state index is 0.757. The lowest BCUT2D eigenvalue weighted by atomic mass is 10.2. The van der Waals surface area contributed by atoms with Crippen LogP contribution in [0.25, 0.3) is 0 Å². The minimum Gasteiger partial charge on any atom is -0.380 e. The van der Waals surface area contributed by atoms with E-state index in [4.69, 9.17) is 4.74 Å². The van der Waals surface area contributed by atoms with E-state index in [1.807, 2.05) is 20.0 Å². The van der Waals surface area contributed by atoms with Crippen molar-refractivity contribution in [3.05, 3.63) is 35.3 Å². The van der Waals surface area contributed by atoms with Crippen LogP contribution in [0.5, 0.6) is 0 Å². The van der Waals surface area contributed by atoms with Gasteiger partial charge in [-0.05, 0) is 26.0 Å². The molecule has 2 aromatic heterocycles. The predicted molar refractivity (Wildman–Crippen MR) is 82.7 cm³/mol. The standard InChI is InChI=1S/C15H21N5O/c1-11-14(12(2)19-18-11)10-16-13-3-4-15(17-9-13)20-5-7-21-8-6-20/h3-4,9,16H,5-8,10H2,1-2H3,(H,18,19). The van der Waals surface area contributed by atoms with Crippen molar-refractivity contribution in [3.63, 3.8) is 0 Å². The van der Waals surface area contributed by atoms with Crippen molar-refractivity contribution in [2.24, 2.45) is 0 Å². The lowest BCUT2D eigenvalue weighted by molar-refractivity contribution is 0.122. The minimum atomic E-state index is 0.757. The topological polar surface area (TPSA) is 66.1 Å². The lowest BCUT2D eigenvalue weighted by Gasteiger charge is -2.27. The van der Waals surface area contributed by atoms with Gasteiger partial charge in [0.05, 0.1) is 30.8 Å². The van der Waals surface area contributed by atoms with Crippen LogP contribution in [-0.4, -0.2) is 41.5 Å². The Hall–Kier alpha value is -2.08. The Morgan fingerprint density at radius 1 is 1.29 bits per heavy atom. The molecule has 0 aromatic carbocycles. The molecule has 112 valence electrons. The van der Waals surface area contributed by atoms with Gasteiger partial charge in [-0.15, -0.1) is 0 Å². The van der Waals surface area contributed by atoms with E-state index in [0.717, 1.165) is 55.7 Å². The maximum Gasteiger partial charge on any atom is 0.128 e. The number of nitrogens with zero attached hydrogens (tertiary/aromatic N) is 3. The highest BCUT2D eigenvalue weighted by Crippen LogP contribution is 2.17. The number of ether oxygens (including phenoxy) is 1. The van der Waals surface area contributed by atoms with E-state index < -0.39 is 0 Å². The second-order valence-corrected chi connectivity index (χ2v) is 5.27. The van der Waals surface area contributed by atoms with Crippen molar-refractivity contribution >= 4 is 11.5 Å². The van der Waals surface area contributed by atoms with Crippen molar-refractivity contribution < 1.29 is 4.74 Å². The first-order valence-corrected chi connectivity index (χ1v) is 7.27. The molecule has 0 aliphatic carbocycles. The fraction of sp³-hybridized carbons (Fsp3) is 0.467. The van der Waals surface area contributed by atoms with Gasteiger partial charge < -0.3 is 15.0 Å². The summed E-state index contributed by atoms with van der Waals surface area (Å²) in [7, 11) is 0. The van der Waals surface area contributed by atoms with E-state index in [9.17, 15) is 0 Å². The molecule has 6 nitrogen and oxygen atoms in total. The van der Waals surface area contributed by atoms with Crippen molar-refractivity contribution in [3.8, 4) is 0 Å². The Balaban J connectivity index is 1.62. The van der Waals surface area contributed by atoms with E-state index in [1.54, 1.807) is 0 Å². The van der Waals surface area contributed by atoms with Gasteiger partial charge in [-0.3, -0.25) is 5.10 Å². The summed E-state index contributed by atoms with van der Waals surface area (Å²) in [4.78, 5) is 6.78. The molecule has 0 spiro atoms. The molecule has 6 heteroatoms. The second kappa shape index (κ2) is 6.13. The zero-order chi connectivity index (χ0) is 14.7. The van der Waals surface area contributed by atoms with Crippen LogP contribution in [0.3, 0.4) is 0 Å². The quantitative estimate of drug-likeness (QED) is 0.898. The Morgan fingerprint density at radius 3 is 2.71 bits per heavy atom. The molecule has 1 saturated heterocycles. The fourth-order valence-electron chi connectivity index (χ4n) is 2.50. The van der Waals surface area contributed by atoms with E-state index in [2.05, 4.69) is 37.5 Å². The third kappa shape index (κ3) is 3.16. The number of H-pyrrole nitrogens is 1. The van der Waals surface area contributed by atoms with Gasteiger partial charge in [0.25, 0.3) is 0 Å². The number of nitrogens with one attached hydrogen (secondary N) is 2. The number of pyridine rings is 1. The Kier molecular flexibility index (Phi) is 4.06. The number of rotatable bonds is 4. The maximum absolute atomic E-state index is 5.36. The number of anilines is 2. The van der Waals surface area contributed by atoms with Crippen LogP contribution >= 0.6 is 0 Å². The monoisotopic (exact) mass is 287 g/mol. The Bertz CT molecular complexity index is 567. The van der Waals surface area contributed by atoms with Crippen LogP contribution in [0, 0.1) is 13.8 Å². The first-order chi connectivity index (χ1) is 10.2. The van der Waals surface area contributed by atoms with Crippen LogP contribution in [0.15, 0.2) is 18.3 Å². The van der Waals surface area contributed by atoms with E-state index in [-0.39, 0.29) is 0 Å². The molecule has 0 unspecified atom stereocenters. The molecule has 1 fully saturated rings. The molecule has 1 aliphatic heterocycles. The first-order valence-electron chi connectivity index (χ1n) is 7.27. The highest BCUT2D eigenvalue weighted by Gasteiger charge is 2.12. The van der Waals surface area contributed by atoms with Gasteiger partial charge in [-0.25, -0.2) is 4.98 Å². The summed E-state index contributed by atoms with van der Waals surface area (Å²) in [5.41, 5.74) is 4.38. The van der Waals surface area contributed by atoms with Crippen LogP contribution in [0.2, 0.25) is 0 Å². The molecule has 0 amide bonds. The van der Waals surface area contributed by atoms with Gasteiger partial charge in [-0.2, -0.15) is 5.10 Å². The summed E-state index contributed by atoms with van der Waals surface area (Å²) in [6.45, 7) is 8.19. The van der Waals surface area contributed by atoms with Crippen molar-refractivity contribution in [1.82, 2.24) is 15.2 Å². The molecular weight excluding hydrogens is 266 g/mol. The summed E-state index contributed by atoms with van der Waals surface area (Å²) >= 11 is 0. The third-order valence-electron chi connectivity index (χ3n) is 3.83. The van der Waals surface area contributed by atoms with Gasteiger partial charge in [0.1, 0.15) is 5.82 Å². The molecular formula is C15H21N5O. The number of hydrogen-bond acceptors (Lipinski definition) is 5. The van der Waals surface area contributed by atoms with Crippen LogP contribution in [-0.2, 0) is 11.3 Å². The number of morpholine rings is 1. The normalized spacial score (nSPS) is 15.2. The summed E-state index contributed by atoms with van der Waals surface area (Å²) < 4.78 is 5.36. The van der Waals surface area contributed by atoms with Crippen LogP contribution in [0.1, 0.15) is 17.0 Å². The molecule has 3 heterocycles. The molecule has 0 bridgehead atoms. The third-order valence-corrected chi connectivity index (χ3v) is 3.83. The summed E-state index contributed by atoms with van der Waals surface area (Å²) in [6.07, 6.45) is 1.88. The summed E-state index contributed by atoms with van der Waals surface area (Å²) in [5.74, 6) is 1.01. The van der Waals surface area contributed by atoms with Crippen molar-refractivity contribution in [1.29, 1.82) is 0 Å². The van der Waals surface area contributed by atoms with E-state index in [1.165, 1.54) is 5.56 Å². The number of aromatic amines is 1.